The van der Waals surface area contributed by atoms with E-state index in [0.29, 0.717) is 17.9 Å². The second kappa shape index (κ2) is 7.72. The largest absolute Gasteiger partial charge is 0.506 e. The van der Waals surface area contributed by atoms with Crippen LogP contribution in [0.25, 0.3) is 0 Å². The summed E-state index contributed by atoms with van der Waals surface area (Å²) in [4.78, 5) is 0. The Morgan fingerprint density at radius 3 is 1.35 bits per heavy atom. The molecule has 2 aromatic carbocycles. The van der Waals surface area contributed by atoms with Crippen molar-refractivity contribution in [2.45, 2.75) is 19.8 Å². The summed E-state index contributed by atoms with van der Waals surface area (Å²) in [6, 6.07) is 7.61. The van der Waals surface area contributed by atoms with Crippen molar-refractivity contribution in [3.8, 4) is 11.5 Å². The van der Waals surface area contributed by atoms with Crippen molar-refractivity contribution in [1.29, 1.82) is 0 Å². The number of halogens is 4. The molecule has 0 aliphatic carbocycles. The highest BCUT2D eigenvalue weighted by atomic mass is 79.9. The molecule has 0 amide bonds. The molecule has 0 saturated carbocycles. The van der Waals surface area contributed by atoms with Crippen LogP contribution in [0, 0.1) is 0 Å². The second-order valence-electron chi connectivity index (χ2n) is 5.39. The fourth-order valence-corrected chi connectivity index (χ4v) is 4.69. The summed E-state index contributed by atoms with van der Waals surface area (Å²) in [5.41, 5.74) is 3.22. The van der Waals surface area contributed by atoms with Crippen molar-refractivity contribution in [1.82, 2.24) is 0 Å². The molecule has 23 heavy (non-hydrogen) atoms. The lowest BCUT2D eigenvalue weighted by molar-refractivity contribution is 0.468. The number of aromatic hydroxyl groups is 2. The quantitative estimate of drug-likeness (QED) is 0.383. The Bertz CT molecular complexity index is 677. The molecule has 0 aromatic heterocycles. The van der Waals surface area contributed by atoms with Crippen molar-refractivity contribution in [3.63, 3.8) is 0 Å². The molecule has 0 atom stereocenters. The zero-order valence-electron chi connectivity index (χ0n) is 12.4. The van der Waals surface area contributed by atoms with Crippen LogP contribution in [-0.4, -0.2) is 10.2 Å². The molecule has 0 aliphatic rings. The highest BCUT2D eigenvalue weighted by Gasteiger charge is 2.18. The first kappa shape index (κ1) is 19.0. The van der Waals surface area contributed by atoms with Gasteiger partial charge in [-0.2, -0.15) is 0 Å². The number of allylic oxidation sites excluding steroid dienone is 2. The Balaban J connectivity index is 2.66. The minimum Gasteiger partial charge on any atom is -0.506 e. The molecule has 0 aliphatic heterocycles. The van der Waals surface area contributed by atoms with E-state index in [9.17, 15) is 10.2 Å². The lowest BCUT2D eigenvalue weighted by Crippen LogP contribution is -2.00. The van der Waals surface area contributed by atoms with Gasteiger partial charge in [0, 0.05) is 5.92 Å². The topological polar surface area (TPSA) is 40.5 Å². The summed E-state index contributed by atoms with van der Waals surface area (Å²) in [7, 11) is 0. The van der Waals surface area contributed by atoms with Crippen LogP contribution < -0.4 is 0 Å². The number of benzene rings is 2. The summed E-state index contributed by atoms with van der Waals surface area (Å²) in [5, 5.41) is 19.9. The molecule has 0 saturated heterocycles. The SMILES string of the molecule is CC(C)=CC(c1cc(Br)c(O)c(Br)c1)c1cc(Br)c(O)c(Br)c1. The predicted molar refractivity (Wildman–Crippen MR) is 108 cm³/mol. The third-order valence-corrected chi connectivity index (χ3v) is 5.71. The fourth-order valence-electron chi connectivity index (χ4n) is 2.25. The van der Waals surface area contributed by atoms with E-state index >= 15 is 0 Å². The van der Waals surface area contributed by atoms with Gasteiger partial charge in [0.1, 0.15) is 11.5 Å². The zero-order valence-corrected chi connectivity index (χ0v) is 18.7. The molecule has 0 unspecified atom stereocenters. The molecule has 2 rings (SSSR count). The molecule has 6 heteroatoms. The molecule has 2 N–H and O–H groups in total. The number of phenols is 2. The average molecular weight is 570 g/mol. The molecule has 122 valence electrons. The number of hydrogen-bond acceptors (Lipinski definition) is 2. The molecule has 0 radical (unpaired) electrons. The van der Waals surface area contributed by atoms with Gasteiger partial charge in [-0.05, 0) is 113 Å². The zero-order chi connectivity index (χ0) is 17.3. The third-order valence-electron chi connectivity index (χ3n) is 3.30. The van der Waals surface area contributed by atoms with E-state index in [2.05, 4.69) is 69.8 Å². The highest BCUT2D eigenvalue weighted by Crippen LogP contribution is 2.41. The minimum atomic E-state index is -0.0126. The van der Waals surface area contributed by atoms with E-state index in [0.717, 1.165) is 11.1 Å². The summed E-state index contributed by atoms with van der Waals surface area (Å²) in [5.74, 6) is 0.344. The van der Waals surface area contributed by atoms with Crippen LogP contribution in [0.4, 0.5) is 0 Å². The Morgan fingerprint density at radius 2 is 1.09 bits per heavy atom. The van der Waals surface area contributed by atoms with E-state index < -0.39 is 0 Å². The van der Waals surface area contributed by atoms with E-state index in [1.807, 2.05) is 38.1 Å². The van der Waals surface area contributed by atoms with Gasteiger partial charge in [-0.15, -0.1) is 0 Å². The summed E-state index contributed by atoms with van der Waals surface area (Å²) < 4.78 is 2.52. The van der Waals surface area contributed by atoms with Gasteiger partial charge in [0.05, 0.1) is 17.9 Å². The van der Waals surface area contributed by atoms with Crippen LogP contribution in [0.5, 0.6) is 11.5 Å². The van der Waals surface area contributed by atoms with Crippen LogP contribution in [-0.2, 0) is 0 Å². The van der Waals surface area contributed by atoms with Crippen molar-refractivity contribution < 1.29 is 10.2 Å². The molecule has 0 heterocycles. The van der Waals surface area contributed by atoms with Crippen molar-refractivity contribution >= 4 is 63.7 Å². The van der Waals surface area contributed by atoms with Gasteiger partial charge in [-0.25, -0.2) is 0 Å². The Kier molecular flexibility index (Phi) is 6.39. The Morgan fingerprint density at radius 1 is 0.783 bits per heavy atom. The van der Waals surface area contributed by atoms with Gasteiger partial charge in [0.15, 0.2) is 0 Å². The Labute approximate surface area is 169 Å². The molecular formula is C17H14Br4O2. The normalized spacial score (nSPS) is 10.9. The molecule has 2 aromatic rings. The molecule has 0 spiro atoms. The van der Waals surface area contributed by atoms with Crippen LogP contribution in [0.2, 0.25) is 0 Å². The van der Waals surface area contributed by atoms with Gasteiger partial charge in [0.2, 0.25) is 0 Å². The maximum Gasteiger partial charge on any atom is 0.143 e. The molecule has 0 bridgehead atoms. The summed E-state index contributed by atoms with van der Waals surface area (Å²) in [6.07, 6.45) is 2.15. The average Bonchev–Trinajstić information content (AvgIpc) is 2.46. The first-order valence-corrected chi connectivity index (χ1v) is 9.88. The maximum absolute atomic E-state index is 9.93. The smallest absolute Gasteiger partial charge is 0.143 e. The number of phenolic OH excluding ortho intramolecular Hbond substituents is 2. The van der Waals surface area contributed by atoms with Crippen LogP contribution in [0.15, 0.2) is 53.8 Å². The lowest BCUT2D eigenvalue weighted by atomic mass is 9.89. The van der Waals surface area contributed by atoms with Gasteiger partial charge < -0.3 is 10.2 Å². The number of rotatable bonds is 3. The molecular weight excluding hydrogens is 556 g/mol. The molecule has 2 nitrogen and oxygen atoms in total. The van der Waals surface area contributed by atoms with E-state index in [4.69, 9.17) is 0 Å². The van der Waals surface area contributed by atoms with Crippen LogP contribution in [0.1, 0.15) is 30.9 Å². The molecule has 0 fully saturated rings. The van der Waals surface area contributed by atoms with E-state index in [1.165, 1.54) is 5.57 Å². The van der Waals surface area contributed by atoms with Crippen molar-refractivity contribution in [2.75, 3.05) is 0 Å². The van der Waals surface area contributed by atoms with Crippen molar-refractivity contribution in [2.24, 2.45) is 0 Å². The van der Waals surface area contributed by atoms with Crippen molar-refractivity contribution in [3.05, 3.63) is 64.9 Å². The monoisotopic (exact) mass is 566 g/mol. The first-order chi connectivity index (χ1) is 10.7. The highest BCUT2D eigenvalue weighted by molar-refractivity contribution is 9.11. The van der Waals surface area contributed by atoms with Crippen LogP contribution >= 0.6 is 63.7 Å². The fraction of sp³-hybridized carbons (Fsp3) is 0.176. The maximum atomic E-state index is 9.93. The summed E-state index contributed by atoms with van der Waals surface area (Å²) in [6.45, 7) is 4.09. The van der Waals surface area contributed by atoms with Gasteiger partial charge in [0.25, 0.3) is 0 Å². The van der Waals surface area contributed by atoms with E-state index in [1.54, 1.807) is 0 Å². The standard InChI is InChI=1S/C17H14Br4O2/c1-8(2)3-11(9-4-12(18)16(22)13(19)5-9)10-6-14(20)17(23)15(21)7-10/h3-7,11,22-23H,1-2H3. The van der Waals surface area contributed by atoms with Gasteiger partial charge in [-0.1, -0.05) is 11.6 Å². The summed E-state index contributed by atoms with van der Waals surface area (Å²) >= 11 is 13.5. The second-order valence-corrected chi connectivity index (χ2v) is 8.81. The Hall–Kier alpha value is -0.300. The predicted octanol–water partition coefficient (Wildman–Crippen LogP) is 7.25. The van der Waals surface area contributed by atoms with Gasteiger partial charge >= 0.3 is 0 Å². The number of hydrogen-bond donors (Lipinski definition) is 2. The lowest BCUT2D eigenvalue weighted by Gasteiger charge is -2.18. The third kappa shape index (κ3) is 4.41. The minimum absolute atomic E-state index is 0.0126. The van der Waals surface area contributed by atoms with E-state index in [-0.39, 0.29) is 17.4 Å². The van der Waals surface area contributed by atoms with Crippen LogP contribution in [0.3, 0.4) is 0 Å². The van der Waals surface area contributed by atoms with Gasteiger partial charge in [-0.3, -0.25) is 0 Å². The first-order valence-electron chi connectivity index (χ1n) is 6.71.